The zero-order valence-electron chi connectivity index (χ0n) is 74.1. The standard InChI is InChI=1S/C23H19Cl2N.4C18H15P.C15H18.C9H4Cl3N.Pd/c1-23(2,3)17-12-15(11-14-7-4-5-8-16(14)17)21-13-19(25)22-18(24)9-6-10-20(22)26-21;4*1-4-10-16(11-5-1)19(17-12-6-2-7-13-17)18-14-8-3-9-15-18;1-11-9-12-7-5-6-8-13(12)14(10-11)15(2,3)4;10-5-2-1-3-7-9(5)6(11)4-8(12)13-7;/h4-13H,1-3H3;4*1-15H;5-10H,1-4H3;1-4H;. The SMILES string of the molecule is CC(C)(C)c1cc(-c2cc(Cl)c3c(Cl)cccc3n2)cc2ccccc12.Cc1cc(C(C)(C)C)c2ccccc2c1.Clc1cc(Cl)c2c(Cl)cccc2n1.[Pd].c1ccc(P(c2ccccc2)c2ccccc2)cc1.c1ccc(P(c2ccccc2)c2ccccc2)cc1.c1ccc(P(c2ccccc2)c2ccccc2)cc1.c1ccc(P(c2ccccc2)c2ccccc2)cc1. The topological polar surface area (TPSA) is 25.8 Å². The predicted molar refractivity (Wildman–Crippen MR) is 578 cm³/mol. The van der Waals surface area contributed by atoms with E-state index in [0.29, 0.717) is 30.8 Å². The maximum Gasteiger partial charge on any atom is 0.131 e. The van der Waals surface area contributed by atoms with Crippen LogP contribution in [0.3, 0.4) is 0 Å². The number of pyridine rings is 2. The molecule has 0 spiro atoms. The van der Waals surface area contributed by atoms with Crippen LogP contribution >= 0.6 is 89.7 Å². The van der Waals surface area contributed by atoms with Gasteiger partial charge in [0.2, 0.25) is 0 Å². The summed E-state index contributed by atoms with van der Waals surface area (Å²) in [6.45, 7) is 15.7. The largest absolute Gasteiger partial charge is 0.248 e. The number of hydrogen-bond donors (Lipinski definition) is 0. The minimum atomic E-state index is -0.446. The van der Waals surface area contributed by atoms with Gasteiger partial charge in [0.25, 0.3) is 0 Å². The van der Waals surface area contributed by atoms with Crippen molar-refractivity contribution >= 4 is 197 Å². The molecule has 0 aliphatic rings. The van der Waals surface area contributed by atoms with E-state index in [0.717, 1.165) is 27.5 Å². The molecule has 0 unspecified atom stereocenters. The van der Waals surface area contributed by atoms with Gasteiger partial charge in [0.1, 0.15) is 5.15 Å². The summed E-state index contributed by atoms with van der Waals surface area (Å²) in [5.41, 5.74) is 7.78. The third-order valence-electron chi connectivity index (χ3n) is 21.4. The first kappa shape index (κ1) is 97.7. The number of rotatable bonds is 13. The van der Waals surface area contributed by atoms with Gasteiger partial charge in [-0.1, -0.05) is 542 Å². The maximum atomic E-state index is 6.54. The molecule has 131 heavy (non-hydrogen) atoms. The number of benzene rings is 18. The van der Waals surface area contributed by atoms with Gasteiger partial charge in [-0.25, -0.2) is 9.97 Å². The number of nitrogens with zero attached hydrogens (tertiary/aromatic N) is 2. The van der Waals surface area contributed by atoms with Crippen LogP contribution in [-0.4, -0.2) is 9.97 Å². The molecule has 20 aromatic rings. The zero-order valence-corrected chi connectivity index (χ0v) is 83.0. The van der Waals surface area contributed by atoms with Crippen molar-refractivity contribution < 1.29 is 20.4 Å². The second-order valence-corrected chi connectivity index (χ2v) is 43.7. The predicted octanol–water partition coefficient (Wildman–Crippen LogP) is 30.1. The molecule has 0 bridgehead atoms. The average molecular weight is 1970 g/mol. The Hall–Kier alpha value is -10.9. The van der Waals surface area contributed by atoms with Crippen molar-refractivity contribution in [2.45, 2.75) is 59.3 Å². The smallest absolute Gasteiger partial charge is 0.131 e. The van der Waals surface area contributed by atoms with Crippen LogP contribution in [0.15, 0.2) is 485 Å². The van der Waals surface area contributed by atoms with Crippen LogP contribution in [0.4, 0.5) is 0 Å². The van der Waals surface area contributed by atoms with Crippen molar-refractivity contribution in [3.8, 4) is 11.3 Å². The van der Waals surface area contributed by atoms with Gasteiger partial charge in [-0.15, -0.1) is 0 Å². The van der Waals surface area contributed by atoms with E-state index >= 15 is 0 Å². The molecule has 12 heteroatoms. The summed E-state index contributed by atoms with van der Waals surface area (Å²) in [4.78, 5) is 8.92. The van der Waals surface area contributed by atoms with Crippen molar-refractivity contribution in [1.29, 1.82) is 0 Å². The summed E-state index contributed by atoms with van der Waals surface area (Å²) in [7, 11) is -1.78. The van der Waals surface area contributed by atoms with E-state index in [9.17, 15) is 0 Å². The van der Waals surface area contributed by atoms with Crippen molar-refractivity contribution in [1.82, 2.24) is 9.97 Å². The van der Waals surface area contributed by atoms with Crippen molar-refractivity contribution in [3.05, 3.63) is 527 Å². The van der Waals surface area contributed by atoms with Crippen LogP contribution in [0.25, 0.3) is 54.6 Å². The first-order valence-electron chi connectivity index (χ1n) is 43.3. The van der Waals surface area contributed by atoms with Gasteiger partial charge in [-0.3, -0.25) is 0 Å². The van der Waals surface area contributed by atoms with Crippen LogP contribution in [0.5, 0.6) is 0 Å². The molecule has 0 saturated carbocycles. The Morgan fingerprint density at radius 3 is 0.710 bits per heavy atom. The van der Waals surface area contributed by atoms with Gasteiger partial charge in [-0.05, 0) is 194 Å². The van der Waals surface area contributed by atoms with Crippen LogP contribution in [0, 0.1) is 6.92 Å². The Morgan fingerprint density at radius 2 is 0.443 bits per heavy atom. The molecule has 2 heterocycles. The number of halogens is 5. The normalized spacial score (nSPS) is 11.0. The average Bonchev–Trinajstić information content (AvgIpc) is 0.759. The van der Waals surface area contributed by atoms with E-state index in [2.05, 4.69) is 490 Å². The quantitative estimate of drug-likeness (QED) is 0.0653. The second-order valence-electron chi connectivity index (χ2n) is 32.8. The second kappa shape index (κ2) is 48.5. The molecule has 0 saturated heterocycles. The molecule has 0 aliphatic heterocycles. The molecule has 0 amide bonds. The zero-order chi connectivity index (χ0) is 90.6. The molecular formula is C119H101Cl5N2P4Pd. The molecule has 0 aliphatic carbocycles. The fourth-order valence-electron chi connectivity index (χ4n) is 15.4. The first-order valence-corrected chi connectivity index (χ1v) is 50.6. The number of aromatic nitrogens is 2. The Bertz CT molecular complexity index is 6080. The maximum absolute atomic E-state index is 6.54. The molecule has 18 aromatic carbocycles. The van der Waals surface area contributed by atoms with Crippen molar-refractivity contribution in [2.24, 2.45) is 0 Å². The molecule has 0 fully saturated rings. The van der Waals surface area contributed by atoms with Gasteiger partial charge in [-0.2, -0.15) is 0 Å². The molecule has 2 nitrogen and oxygen atoms in total. The van der Waals surface area contributed by atoms with Gasteiger partial charge < -0.3 is 0 Å². The van der Waals surface area contributed by atoms with Crippen molar-refractivity contribution in [2.75, 3.05) is 0 Å². The Morgan fingerprint density at radius 1 is 0.214 bits per heavy atom. The van der Waals surface area contributed by atoms with Crippen LogP contribution in [-0.2, 0) is 31.3 Å². The van der Waals surface area contributed by atoms with E-state index in [1.807, 2.05) is 36.4 Å². The molecule has 2 aromatic heterocycles. The van der Waals surface area contributed by atoms with E-state index in [4.69, 9.17) is 63.0 Å². The van der Waals surface area contributed by atoms with Crippen LogP contribution < -0.4 is 63.7 Å². The molecule has 20 rings (SSSR count). The summed E-state index contributed by atoms with van der Waals surface area (Å²) < 4.78 is 0. The molecule has 0 N–H and O–H groups in total. The Kier molecular flexibility index (Phi) is 36.2. The molecule has 652 valence electrons. The number of hydrogen-bond acceptors (Lipinski definition) is 2. The fraction of sp³-hybridized carbons (Fsp3) is 0.0756. The summed E-state index contributed by atoms with van der Waals surface area (Å²) in [6, 6.07) is 170. The van der Waals surface area contributed by atoms with Crippen LogP contribution in [0.2, 0.25) is 25.2 Å². The third-order valence-corrected chi connectivity index (χ3v) is 32.6. The fourth-order valence-corrected chi connectivity index (χ4v) is 26.1. The van der Waals surface area contributed by atoms with Gasteiger partial charge in [0, 0.05) is 36.8 Å². The van der Waals surface area contributed by atoms with Gasteiger partial charge in [0.05, 0.1) is 36.8 Å². The Labute approximate surface area is 817 Å². The van der Waals surface area contributed by atoms with Crippen molar-refractivity contribution in [3.63, 3.8) is 0 Å². The van der Waals surface area contributed by atoms with E-state index in [-0.39, 0.29) is 31.3 Å². The summed E-state index contributed by atoms with van der Waals surface area (Å²) in [6.07, 6.45) is 0. The summed E-state index contributed by atoms with van der Waals surface area (Å²) in [5.74, 6) is 0. The number of fused-ring (bicyclic) bond motifs is 4. The summed E-state index contributed by atoms with van der Waals surface area (Å²) in [5, 5.41) is 26.3. The third kappa shape index (κ3) is 26.8. The minimum absolute atomic E-state index is 0. The van der Waals surface area contributed by atoms with E-state index in [1.54, 1.807) is 12.1 Å². The molecule has 0 radical (unpaired) electrons. The van der Waals surface area contributed by atoms with E-state index in [1.165, 1.54) is 102 Å². The number of aryl methyl sites for hydroxylation is 1. The first-order chi connectivity index (χ1) is 63.3. The van der Waals surface area contributed by atoms with Crippen LogP contribution in [0.1, 0.15) is 58.2 Å². The summed E-state index contributed by atoms with van der Waals surface area (Å²) >= 11 is 30.5. The monoisotopic (exact) mass is 1960 g/mol. The molecule has 0 atom stereocenters. The molecular weight excluding hydrogens is 1860 g/mol. The Balaban J connectivity index is 0.000000131. The minimum Gasteiger partial charge on any atom is -0.248 e. The van der Waals surface area contributed by atoms with Gasteiger partial charge in [0.15, 0.2) is 0 Å². The van der Waals surface area contributed by atoms with E-state index < -0.39 is 31.7 Å². The van der Waals surface area contributed by atoms with Gasteiger partial charge >= 0.3 is 0 Å².